The highest BCUT2D eigenvalue weighted by Crippen LogP contribution is 2.25. The minimum atomic E-state index is -0.179. The van der Waals surface area contributed by atoms with Crippen molar-refractivity contribution in [1.29, 1.82) is 0 Å². The summed E-state index contributed by atoms with van der Waals surface area (Å²) in [6.07, 6.45) is 2.20. The molecular formula is C19H22N4O2. The molecule has 0 spiro atoms. The van der Waals surface area contributed by atoms with Gasteiger partial charge in [0.15, 0.2) is 5.65 Å². The van der Waals surface area contributed by atoms with Crippen molar-refractivity contribution in [2.24, 2.45) is 0 Å². The second-order valence-corrected chi connectivity index (χ2v) is 6.01. The molecule has 1 aromatic carbocycles. The molecule has 1 amide bonds. The maximum absolute atomic E-state index is 12.8. The standard InChI is InChI=1S/C19H22N4O2/c1-3-23-18-16(12-20-23)15(19(25)21-13(2)9-10-24)11-17(22-18)14-7-5-4-6-8-14/h4-8,11-13,24H,3,9-10H2,1-2H3,(H,21,25). The van der Waals surface area contributed by atoms with Gasteiger partial charge in [-0.3, -0.25) is 4.79 Å². The number of rotatable bonds is 6. The van der Waals surface area contributed by atoms with Crippen LogP contribution in [-0.2, 0) is 6.54 Å². The molecule has 2 N–H and O–H groups in total. The topological polar surface area (TPSA) is 80.0 Å². The van der Waals surface area contributed by atoms with Crippen LogP contribution in [0.5, 0.6) is 0 Å². The number of aliphatic hydroxyl groups is 1. The van der Waals surface area contributed by atoms with Crippen molar-refractivity contribution in [3.05, 3.63) is 48.2 Å². The summed E-state index contributed by atoms with van der Waals surface area (Å²) in [5, 5.41) is 17.0. The number of amides is 1. The van der Waals surface area contributed by atoms with Crippen molar-refractivity contribution in [3.63, 3.8) is 0 Å². The van der Waals surface area contributed by atoms with Gasteiger partial charge in [-0.1, -0.05) is 30.3 Å². The number of aliphatic hydroxyl groups excluding tert-OH is 1. The summed E-state index contributed by atoms with van der Waals surface area (Å²) >= 11 is 0. The van der Waals surface area contributed by atoms with Gasteiger partial charge in [-0.25, -0.2) is 9.67 Å². The summed E-state index contributed by atoms with van der Waals surface area (Å²) in [5.74, 6) is -0.179. The predicted molar refractivity (Wildman–Crippen MR) is 97.3 cm³/mol. The Bertz CT molecular complexity index is 874. The lowest BCUT2D eigenvalue weighted by Gasteiger charge is -2.14. The van der Waals surface area contributed by atoms with Gasteiger partial charge in [-0.05, 0) is 26.3 Å². The fourth-order valence-corrected chi connectivity index (χ4v) is 2.79. The molecule has 1 unspecified atom stereocenters. The second kappa shape index (κ2) is 7.44. The molecule has 130 valence electrons. The van der Waals surface area contributed by atoms with Gasteiger partial charge in [-0.2, -0.15) is 5.10 Å². The Balaban J connectivity index is 2.10. The van der Waals surface area contributed by atoms with Crippen molar-refractivity contribution in [2.75, 3.05) is 6.61 Å². The summed E-state index contributed by atoms with van der Waals surface area (Å²) in [6, 6.07) is 11.5. The summed E-state index contributed by atoms with van der Waals surface area (Å²) in [4.78, 5) is 17.5. The van der Waals surface area contributed by atoms with Gasteiger partial charge in [-0.15, -0.1) is 0 Å². The normalized spacial score (nSPS) is 12.3. The number of hydrogen-bond donors (Lipinski definition) is 2. The van der Waals surface area contributed by atoms with Crippen molar-refractivity contribution < 1.29 is 9.90 Å². The van der Waals surface area contributed by atoms with E-state index in [-0.39, 0.29) is 18.6 Å². The molecule has 0 saturated carbocycles. The highest BCUT2D eigenvalue weighted by molar-refractivity contribution is 6.06. The van der Waals surface area contributed by atoms with E-state index in [4.69, 9.17) is 10.1 Å². The van der Waals surface area contributed by atoms with Gasteiger partial charge in [0.1, 0.15) is 0 Å². The molecule has 0 bridgehead atoms. The molecule has 2 aromatic heterocycles. The lowest BCUT2D eigenvalue weighted by molar-refractivity contribution is 0.0936. The molecule has 0 radical (unpaired) electrons. The lowest BCUT2D eigenvalue weighted by Crippen LogP contribution is -2.33. The molecule has 1 atom stereocenters. The Kier molecular flexibility index (Phi) is 5.09. The number of benzene rings is 1. The third-order valence-corrected chi connectivity index (χ3v) is 4.16. The van der Waals surface area contributed by atoms with Crippen LogP contribution in [0.1, 0.15) is 30.6 Å². The van der Waals surface area contributed by atoms with Crippen LogP contribution in [0.15, 0.2) is 42.6 Å². The summed E-state index contributed by atoms with van der Waals surface area (Å²) in [7, 11) is 0. The number of nitrogens with zero attached hydrogens (tertiary/aromatic N) is 3. The number of hydrogen-bond acceptors (Lipinski definition) is 4. The van der Waals surface area contributed by atoms with Crippen LogP contribution in [0.4, 0.5) is 0 Å². The van der Waals surface area contributed by atoms with Crippen molar-refractivity contribution in [2.45, 2.75) is 32.9 Å². The van der Waals surface area contributed by atoms with Gasteiger partial charge < -0.3 is 10.4 Å². The van der Waals surface area contributed by atoms with Gasteiger partial charge >= 0.3 is 0 Å². The third-order valence-electron chi connectivity index (χ3n) is 4.16. The first kappa shape index (κ1) is 17.1. The second-order valence-electron chi connectivity index (χ2n) is 6.01. The van der Waals surface area contributed by atoms with E-state index >= 15 is 0 Å². The Labute approximate surface area is 146 Å². The highest BCUT2D eigenvalue weighted by Gasteiger charge is 2.18. The molecule has 3 aromatic rings. The third kappa shape index (κ3) is 3.53. The van der Waals surface area contributed by atoms with E-state index < -0.39 is 0 Å². The first-order valence-electron chi connectivity index (χ1n) is 8.47. The highest BCUT2D eigenvalue weighted by atomic mass is 16.3. The van der Waals surface area contributed by atoms with Crippen LogP contribution < -0.4 is 5.32 Å². The predicted octanol–water partition coefficient (Wildman–Crippen LogP) is 2.62. The van der Waals surface area contributed by atoms with E-state index in [1.165, 1.54) is 0 Å². The number of aryl methyl sites for hydroxylation is 1. The number of nitrogens with one attached hydrogen (secondary N) is 1. The number of carbonyl (C=O) groups is 1. The van der Waals surface area contributed by atoms with Gasteiger partial charge in [0.25, 0.3) is 5.91 Å². The van der Waals surface area contributed by atoms with E-state index in [2.05, 4.69) is 10.4 Å². The number of aromatic nitrogens is 3. The number of fused-ring (bicyclic) bond motifs is 1. The van der Waals surface area contributed by atoms with Gasteiger partial charge in [0.05, 0.1) is 22.8 Å². The fraction of sp³-hybridized carbons (Fsp3) is 0.316. The average Bonchev–Trinajstić information content (AvgIpc) is 3.04. The van der Waals surface area contributed by atoms with Crippen molar-refractivity contribution >= 4 is 16.9 Å². The van der Waals surface area contributed by atoms with E-state index in [1.54, 1.807) is 16.9 Å². The Morgan fingerprint density at radius 1 is 1.32 bits per heavy atom. The zero-order chi connectivity index (χ0) is 17.8. The first-order valence-corrected chi connectivity index (χ1v) is 8.47. The van der Waals surface area contributed by atoms with Crippen LogP contribution >= 0.6 is 0 Å². The van der Waals surface area contributed by atoms with Crippen LogP contribution in [0.2, 0.25) is 0 Å². The summed E-state index contributed by atoms with van der Waals surface area (Å²) < 4.78 is 1.79. The quantitative estimate of drug-likeness (QED) is 0.724. The molecular weight excluding hydrogens is 316 g/mol. The number of carbonyl (C=O) groups excluding carboxylic acids is 1. The van der Waals surface area contributed by atoms with Crippen molar-refractivity contribution in [3.8, 4) is 11.3 Å². The molecule has 0 saturated heterocycles. The largest absolute Gasteiger partial charge is 0.396 e. The van der Waals surface area contributed by atoms with Crippen LogP contribution in [0.3, 0.4) is 0 Å². The lowest BCUT2D eigenvalue weighted by atomic mass is 10.1. The van der Waals surface area contributed by atoms with E-state index in [1.807, 2.05) is 44.2 Å². The van der Waals surface area contributed by atoms with E-state index in [0.29, 0.717) is 24.2 Å². The maximum atomic E-state index is 12.8. The molecule has 0 aliphatic rings. The minimum Gasteiger partial charge on any atom is -0.396 e. The molecule has 25 heavy (non-hydrogen) atoms. The maximum Gasteiger partial charge on any atom is 0.252 e. The zero-order valence-electron chi connectivity index (χ0n) is 14.4. The molecule has 6 heteroatoms. The number of pyridine rings is 1. The van der Waals surface area contributed by atoms with Gasteiger partial charge in [0.2, 0.25) is 0 Å². The SMILES string of the molecule is CCn1ncc2c(C(=O)NC(C)CCO)cc(-c3ccccc3)nc21. The molecule has 2 heterocycles. The Morgan fingerprint density at radius 3 is 2.76 bits per heavy atom. The molecule has 0 aliphatic heterocycles. The van der Waals surface area contributed by atoms with E-state index in [9.17, 15) is 4.79 Å². The summed E-state index contributed by atoms with van der Waals surface area (Å²) in [5.41, 5.74) is 2.94. The molecule has 3 rings (SSSR count). The first-order chi connectivity index (χ1) is 12.1. The zero-order valence-corrected chi connectivity index (χ0v) is 14.4. The van der Waals surface area contributed by atoms with Gasteiger partial charge in [0, 0.05) is 24.8 Å². The molecule has 0 fully saturated rings. The smallest absolute Gasteiger partial charge is 0.252 e. The van der Waals surface area contributed by atoms with Crippen LogP contribution in [0.25, 0.3) is 22.3 Å². The Hall–Kier alpha value is -2.73. The minimum absolute atomic E-state index is 0.0379. The summed E-state index contributed by atoms with van der Waals surface area (Å²) in [6.45, 7) is 4.58. The average molecular weight is 338 g/mol. The monoisotopic (exact) mass is 338 g/mol. The van der Waals surface area contributed by atoms with E-state index in [0.717, 1.165) is 16.6 Å². The van der Waals surface area contributed by atoms with Crippen LogP contribution in [0, 0.1) is 0 Å². The van der Waals surface area contributed by atoms with Crippen molar-refractivity contribution in [1.82, 2.24) is 20.1 Å². The van der Waals surface area contributed by atoms with Crippen LogP contribution in [-0.4, -0.2) is 38.4 Å². The fourth-order valence-electron chi connectivity index (χ4n) is 2.79. The Morgan fingerprint density at radius 2 is 2.08 bits per heavy atom. The molecule has 6 nitrogen and oxygen atoms in total. The molecule has 0 aliphatic carbocycles.